The number of nitrogens with zero attached hydrogens (tertiary/aromatic N) is 2. The minimum atomic E-state index is -0.424. The summed E-state index contributed by atoms with van der Waals surface area (Å²) in [5.74, 6) is 0.793. The third kappa shape index (κ3) is 4.36. The molecule has 1 aromatic heterocycles. The third-order valence-electron chi connectivity index (χ3n) is 4.44. The molecular weight excluding hydrogens is 425 g/mol. The molecule has 0 saturated carbocycles. The van der Waals surface area contributed by atoms with E-state index in [-0.39, 0.29) is 17.2 Å². The number of anilines is 1. The molecule has 0 aliphatic carbocycles. The summed E-state index contributed by atoms with van der Waals surface area (Å²) in [6, 6.07) is 12.8. The summed E-state index contributed by atoms with van der Waals surface area (Å²) >= 11 is 2.67. The predicted molar refractivity (Wildman–Crippen MR) is 117 cm³/mol. The van der Waals surface area contributed by atoms with Gasteiger partial charge in [-0.25, -0.2) is 9.37 Å². The van der Waals surface area contributed by atoms with Gasteiger partial charge in [0.25, 0.3) is 5.56 Å². The number of ether oxygens (including phenoxy) is 1. The summed E-state index contributed by atoms with van der Waals surface area (Å²) < 4.78 is 20.0. The van der Waals surface area contributed by atoms with Gasteiger partial charge in [-0.15, -0.1) is 11.8 Å². The first kappa shape index (κ1) is 20.5. The van der Waals surface area contributed by atoms with Crippen LogP contribution in [0.15, 0.2) is 63.4 Å². The summed E-state index contributed by atoms with van der Waals surface area (Å²) in [5.41, 5.74) is 1.66. The van der Waals surface area contributed by atoms with Crippen LogP contribution in [-0.2, 0) is 11.2 Å². The zero-order valence-corrected chi connectivity index (χ0v) is 17.7. The predicted octanol–water partition coefficient (Wildman–Crippen LogP) is 3.76. The molecule has 1 amide bonds. The number of aryl methyl sites for hydroxylation is 1. The van der Waals surface area contributed by atoms with Crippen molar-refractivity contribution in [2.75, 3.05) is 23.9 Å². The van der Waals surface area contributed by atoms with Crippen LogP contribution < -0.4 is 15.6 Å². The smallest absolute Gasteiger partial charge is 0.272 e. The Morgan fingerprint density at radius 3 is 2.83 bits per heavy atom. The topological polar surface area (TPSA) is 73.2 Å². The number of benzene rings is 2. The number of fused-ring (bicyclic) bond motifs is 1. The lowest BCUT2D eigenvalue weighted by atomic mass is 10.3. The average molecular weight is 444 g/mol. The number of hydrogen-bond acceptors (Lipinski definition) is 6. The standard InChI is InChI=1S/C21H18FN3O3S2/c1-28-16-7-5-15(6-8-16)25-20(27)19-17(9-10-29-19)24-21(25)30-12-18(26)23-14-4-2-3-13(22)11-14/h2-8,11H,9-10,12H2,1H3,(H,23,26). The lowest BCUT2D eigenvalue weighted by Crippen LogP contribution is -2.24. The van der Waals surface area contributed by atoms with E-state index in [0.29, 0.717) is 27.2 Å². The molecule has 4 rings (SSSR count). The fourth-order valence-corrected chi connectivity index (χ4v) is 4.89. The Kier molecular flexibility index (Phi) is 6.10. The van der Waals surface area contributed by atoms with Crippen molar-refractivity contribution >= 4 is 35.1 Å². The number of carbonyl (C=O) groups excluding carboxylic acids is 1. The van der Waals surface area contributed by atoms with Gasteiger partial charge in [0.05, 0.1) is 29.1 Å². The molecule has 2 heterocycles. The maximum Gasteiger partial charge on any atom is 0.272 e. The Hall–Kier alpha value is -2.78. The van der Waals surface area contributed by atoms with Gasteiger partial charge in [0, 0.05) is 17.9 Å². The van der Waals surface area contributed by atoms with Gasteiger partial charge in [-0.1, -0.05) is 17.8 Å². The quantitative estimate of drug-likeness (QED) is 0.462. The van der Waals surface area contributed by atoms with Crippen LogP contribution in [0.1, 0.15) is 5.69 Å². The number of rotatable bonds is 6. The van der Waals surface area contributed by atoms with Gasteiger partial charge < -0.3 is 10.1 Å². The van der Waals surface area contributed by atoms with E-state index in [1.165, 1.54) is 46.3 Å². The summed E-state index contributed by atoms with van der Waals surface area (Å²) in [5, 5.41) is 3.10. The molecule has 30 heavy (non-hydrogen) atoms. The fourth-order valence-electron chi connectivity index (χ4n) is 3.04. The van der Waals surface area contributed by atoms with E-state index in [4.69, 9.17) is 4.74 Å². The second-order valence-electron chi connectivity index (χ2n) is 6.45. The molecule has 0 saturated heterocycles. The first-order valence-electron chi connectivity index (χ1n) is 9.16. The lowest BCUT2D eigenvalue weighted by molar-refractivity contribution is -0.113. The normalized spacial score (nSPS) is 12.5. The third-order valence-corrected chi connectivity index (χ3v) is 6.48. The van der Waals surface area contributed by atoms with Gasteiger partial charge in [0.1, 0.15) is 11.6 Å². The highest BCUT2D eigenvalue weighted by atomic mass is 32.2. The second kappa shape index (κ2) is 8.93. The van der Waals surface area contributed by atoms with Crippen molar-refractivity contribution in [3.63, 3.8) is 0 Å². The Balaban J connectivity index is 1.61. The van der Waals surface area contributed by atoms with Crippen LogP contribution in [0.2, 0.25) is 0 Å². The van der Waals surface area contributed by atoms with Crippen molar-refractivity contribution in [3.05, 3.63) is 70.4 Å². The van der Waals surface area contributed by atoms with Crippen molar-refractivity contribution in [1.82, 2.24) is 9.55 Å². The Morgan fingerprint density at radius 2 is 2.10 bits per heavy atom. The molecule has 154 valence electrons. The zero-order valence-electron chi connectivity index (χ0n) is 16.1. The van der Waals surface area contributed by atoms with Gasteiger partial charge >= 0.3 is 0 Å². The molecule has 6 nitrogen and oxygen atoms in total. The number of nitrogens with one attached hydrogen (secondary N) is 1. The second-order valence-corrected chi connectivity index (χ2v) is 8.50. The van der Waals surface area contributed by atoms with Gasteiger partial charge in [0.15, 0.2) is 5.16 Å². The molecule has 0 bridgehead atoms. The van der Waals surface area contributed by atoms with Crippen LogP contribution in [0.3, 0.4) is 0 Å². The minimum Gasteiger partial charge on any atom is -0.497 e. The first-order chi connectivity index (χ1) is 14.5. The summed E-state index contributed by atoms with van der Waals surface area (Å²) in [7, 11) is 1.58. The fraction of sp³-hybridized carbons (Fsp3) is 0.190. The largest absolute Gasteiger partial charge is 0.497 e. The molecule has 1 aliphatic rings. The number of thioether (sulfide) groups is 2. The summed E-state index contributed by atoms with van der Waals surface area (Å²) in [6.45, 7) is 0. The molecular formula is C21H18FN3O3S2. The van der Waals surface area contributed by atoms with Crippen molar-refractivity contribution in [2.24, 2.45) is 0 Å². The van der Waals surface area contributed by atoms with Crippen LogP contribution in [0.25, 0.3) is 5.69 Å². The summed E-state index contributed by atoms with van der Waals surface area (Å²) in [4.78, 5) is 30.8. The van der Waals surface area contributed by atoms with Gasteiger partial charge in [-0.05, 0) is 42.5 Å². The highest BCUT2D eigenvalue weighted by Gasteiger charge is 2.23. The number of methoxy groups -OCH3 is 1. The number of hydrogen-bond donors (Lipinski definition) is 1. The van der Waals surface area contributed by atoms with Crippen LogP contribution >= 0.6 is 23.5 Å². The molecule has 0 unspecified atom stereocenters. The molecule has 3 aromatic rings. The van der Waals surface area contributed by atoms with E-state index in [1.807, 2.05) is 0 Å². The SMILES string of the molecule is COc1ccc(-n2c(SCC(=O)Nc3cccc(F)c3)nc3c(c2=O)SCC3)cc1. The Bertz CT molecular complexity index is 1150. The van der Waals surface area contributed by atoms with Gasteiger partial charge in [-0.2, -0.15) is 0 Å². The zero-order chi connectivity index (χ0) is 21.1. The molecule has 0 radical (unpaired) electrons. The van der Waals surface area contributed by atoms with E-state index in [2.05, 4.69) is 10.3 Å². The van der Waals surface area contributed by atoms with Crippen molar-refractivity contribution < 1.29 is 13.9 Å². The first-order valence-corrected chi connectivity index (χ1v) is 11.1. The maximum atomic E-state index is 13.3. The molecule has 1 aliphatic heterocycles. The van der Waals surface area contributed by atoms with Crippen LogP contribution in [-0.4, -0.2) is 34.1 Å². The Labute approximate surface area is 180 Å². The lowest BCUT2D eigenvalue weighted by Gasteiger charge is -2.14. The van der Waals surface area contributed by atoms with Crippen LogP contribution in [0.5, 0.6) is 5.75 Å². The monoisotopic (exact) mass is 443 g/mol. The van der Waals surface area contributed by atoms with Crippen LogP contribution in [0, 0.1) is 5.82 Å². The number of amides is 1. The highest BCUT2D eigenvalue weighted by Crippen LogP contribution is 2.30. The highest BCUT2D eigenvalue weighted by molar-refractivity contribution is 8.00. The van der Waals surface area contributed by atoms with Crippen molar-refractivity contribution in [2.45, 2.75) is 16.5 Å². The van der Waals surface area contributed by atoms with Crippen molar-refractivity contribution in [1.29, 1.82) is 0 Å². The van der Waals surface area contributed by atoms with E-state index in [9.17, 15) is 14.0 Å². The van der Waals surface area contributed by atoms with E-state index >= 15 is 0 Å². The maximum absolute atomic E-state index is 13.3. The van der Waals surface area contributed by atoms with Crippen molar-refractivity contribution in [3.8, 4) is 11.4 Å². The van der Waals surface area contributed by atoms with E-state index in [0.717, 1.165) is 17.9 Å². The molecule has 9 heteroatoms. The van der Waals surface area contributed by atoms with E-state index in [1.54, 1.807) is 37.4 Å². The Morgan fingerprint density at radius 1 is 1.30 bits per heavy atom. The van der Waals surface area contributed by atoms with Gasteiger partial charge in [0.2, 0.25) is 5.91 Å². The van der Waals surface area contributed by atoms with Gasteiger partial charge in [-0.3, -0.25) is 14.2 Å². The number of carbonyl (C=O) groups is 1. The van der Waals surface area contributed by atoms with Crippen LogP contribution in [0.4, 0.5) is 10.1 Å². The number of aromatic nitrogens is 2. The molecule has 2 aromatic carbocycles. The molecule has 0 atom stereocenters. The molecule has 0 fully saturated rings. The average Bonchev–Trinajstić information content (AvgIpc) is 3.21. The number of halogens is 1. The minimum absolute atomic E-state index is 0.0328. The van der Waals surface area contributed by atoms with E-state index < -0.39 is 5.82 Å². The molecule has 0 spiro atoms. The summed E-state index contributed by atoms with van der Waals surface area (Å²) in [6.07, 6.45) is 0.724. The molecule has 1 N–H and O–H groups in total.